The minimum Gasteiger partial charge on any atom is -0.455 e. The second-order valence-electron chi connectivity index (χ2n) is 4.69. The highest BCUT2D eigenvalue weighted by molar-refractivity contribution is 5.84. The lowest BCUT2D eigenvalue weighted by molar-refractivity contribution is -0.138. The number of aliphatic hydroxyl groups is 1. The summed E-state index contributed by atoms with van der Waals surface area (Å²) >= 11 is 0. The van der Waals surface area contributed by atoms with Crippen LogP contribution in [0.15, 0.2) is 12.2 Å². The van der Waals surface area contributed by atoms with E-state index in [2.05, 4.69) is 6.92 Å². The van der Waals surface area contributed by atoms with E-state index in [1.54, 1.807) is 0 Å². The molecule has 3 atom stereocenters. The number of hydrogen-bond acceptors (Lipinski definition) is 3. The largest absolute Gasteiger partial charge is 0.455 e. The van der Waals surface area contributed by atoms with Gasteiger partial charge in [-0.15, -0.1) is 0 Å². The Balaban J connectivity index is 1.96. The number of ether oxygens (including phenoxy) is 1. The van der Waals surface area contributed by atoms with Crippen molar-refractivity contribution < 1.29 is 14.6 Å². The monoisotopic (exact) mass is 226 g/mol. The van der Waals surface area contributed by atoms with E-state index in [-0.39, 0.29) is 18.2 Å². The first-order chi connectivity index (χ1) is 7.59. The number of carbonyl (C=O) groups excluding carboxylic acids is 1. The van der Waals surface area contributed by atoms with Crippen molar-refractivity contribution >= 4 is 5.97 Å². The van der Waals surface area contributed by atoms with Gasteiger partial charge in [0, 0.05) is 6.08 Å². The summed E-state index contributed by atoms with van der Waals surface area (Å²) in [7, 11) is 0. The average molecular weight is 226 g/mol. The van der Waals surface area contributed by atoms with Crippen LogP contribution in [0.5, 0.6) is 0 Å². The quantitative estimate of drug-likeness (QED) is 0.535. The number of unbranched alkanes of at least 4 members (excludes halogenated alkanes) is 2. The van der Waals surface area contributed by atoms with Crippen LogP contribution >= 0.6 is 0 Å². The smallest absolute Gasteiger partial charge is 0.331 e. The second-order valence-corrected chi connectivity index (χ2v) is 4.69. The van der Waals surface area contributed by atoms with Gasteiger partial charge in [0.1, 0.15) is 6.10 Å². The van der Waals surface area contributed by atoms with Crippen molar-refractivity contribution in [3.05, 3.63) is 12.2 Å². The third-order valence-electron chi connectivity index (χ3n) is 3.19. The van der Waals surface area contributed by atoms with Crippen molar-refractivity contribution in [3.63, 3.8) is 0 Å². The number of aliphatic hydroxyl groups excluding tert-OH is 1. The maximum atomic E-state index is 10.8. The fraction of sp³-hybridized carbons (Fsp3) is 0.769. The minimum absolute atomic E-state index is 0.00156. The molecule has 0 fully saturated rings. The zero-order chi connectivity index (χ0) is 12.0. The van der Waals surface area contributed by atoms with Crippen molar-refractivity contribution in [2.45, 2.75) is 58.2 Å². The normalized spacial score (nSPS) is 23.2. The van der Waals surface area contributed by atoms with E-state index in [0.717, 1.165) is 32.1 Å². The van der Waals surface area contributed by atoms with Crippen LogP contribution in [0, 0.1) is 5.92 Å². The molecule has 3 nitrogen and oxygen atoms in total. The van der Waals surface area contributed by atoms with E-state index in [1.807, 2.05) is 13.0 Å². The van der Waals surface area contributed by atoms with E-state index in [4.69, 9.17) is 4.74 Å². The topological polar surface area (TPSA) is 46.5 Å². The third-order valence-corrected chi connectivity index (χ3v) is 3.19. The molecule has 1 aliphatic heterocycles. The van der Waals surface area contributed by atoms with E-state index in [1.165, 1.54) is 6.08 Å². The summed E-state index contributed by atoms with van der Waals surface area (Å²) in [5, 5.41) is 9.31. The first-order valence-electron chi connectivity index (χ1n) is 6.16. The van der Waals surface area contributed by atoms with Crippen LogP contribution in [0.4, 0.5) is 0 Å². The standard InChI is InChI=1S/C13H22O3/c1-10(11(2)14)6-4-3-5-7-12-8-9-13(15)16-12/h8-12,14H,3-7H2,1-2H3/t10?,11?,12-/m0/s1. The van der Waals surface area contributed by atoms with Gasteiger partial charge in [0.15, 0.2) is 0 Å². The number of esters is 1. The Morgan fingerprint density at radius 2 is 2.12 bits per heavy atom. The zero-order valence-electron chi connectivity index (χ0n) is 10.2. The fourth-order valence-electron chi connectivity index (χ4n) is 1.80. The van der Waals surface area contributed by atoms with Crippen LogP contribution in [0.25, 0.3) is 0 Å². The molecule has 0 bridgehead atoms. The molecule has 0 aromatic carbocycles. The maximum Gasteiger partial charge on any atom is 0.331 e. The van der Waals surface area contributed by atoms with E-state index in [9.17, 15) is 9.90 Å². The Morgan fingerprint density at radius 3 is 2.69 bits per heavy atom. The number of carbonyl (C=O) groups is 1. The van der Waals surface area contributed by atoms with Crippen molar-refractivity contribution in [2.24, 2.45) is 5.92 Å². The molecular weight excluding hydrogens is 204 g/mol. The summed E-state index contributed by atoms with van der Waals surface area (Å²) < 4.78 is 5.04. The average Bonchev–Trinajstić information content (AvgIpc) is 2.63. The Hall–Kier alpha value is -0.830. The van der Waals surface area contributed by atoms with Crippen molar-refractivity contribution in [3.8, 4) is 0 Å². The molecule has 1 aliphatic rings. The molecule has 92 valence electrons. The van der Waals surface area contributed by atoms with Gasteiger partial charge in [0.25, 0.3) is 0 Å². The van der Waals surface area contributed by atoms with Crippen molar-refractivity contribution in [1.82, 2.24) is 0 Å². The number of rotatable bonds is 7. The highest BCUT2D eigenvalue weighted by Crippen LogP contribution is 2.17. The minimum atomic E-state index is -0.215. The lowest BCUT2D eigenvalue weighted by Gasteiger charge is -2.14. The Morgan fingerprint density at radius 1 is 1.38 bits per heavy atom. The van der Waals surface area contributed by atoms with Gasteiger partial charge >= 0.3 is 5.97 Å². The SMILES string of the molecule is CC(O)C(C)CCCCC[C@H]1C=CC(=O)O1. The molecule has 2 unspecified atom stereocenters. The summed E-state index contributed by atoms with van der Waals surface area (Å²) in [6.45, 7) is 3.92. The molecule has 0 aliphatic carbocycles. The van der Waals surface area contributed by atoms with Crippen LogP contribution < -0.4 is 0 Å². The van der Waals surface area contributed by atoms with Gasteiger partial charge in [-0.3, -0.25) is 0 Å². The van der Waals surface area contributed by atoms with Gasteiger partial charge in [0.2, 0.25) is 0 Å². The second kappa shape index (κ2) is 6.69. The zero-order valence-corrected chi connectivity index (χ0v) is 10.2. The Labute approximate surface area is 97.5 Å². The molecule has 0 amide bonds. The van der Waals surface area contributed by atoms with Crippen LogP contribution in [0.1, 0.15) is 46.0 Å². The first-order valence-corrected chi connectivity index (χ1v) is 6.16. The molecule has 3 heteroatoms. The lowest BCUT2D eigenvalue weighted by Crippen LogP contribution is -2.12. The first kappa shape index (κ1) is 13.2. The van der Waals surface area contributed by atoms with Gasteiger partial charge < -0.3 is 9.84 Å². The van der Waals surface area contributed by atoms with Gasteiger partial charge in [-0.05, 0) is 38.2 Å². The maximum absolute atomic E-state index is 10.8. The molecule has 16 heavy (non-hydrogen) atoms. The fourth-order valence-corrected chi connectivity index (χ4v) is 1.80. The van der Waals surface area contributed by atoms with Gasteiger partial charge in [-0.25, -0.2) is 4.79 Å². The van der Waals surface area contributed by atoms with Crippen molar-refractivity contribution in [2.75, 3.05) is 0 Å². The molecule has 0 saturated heterocycles. The Bertz CT molecular complexity index is 246. The molecule has 0 aromatic rings. The molecule has 0 aromatic heterocycles. The van der Waals surface area contributed by atoms with Crippen LogP contribution in [-0.4, -0.2) is 23.3 Å². The summed E-state index contributed by atoms with van der Waals surface area (Å²) in [4.78, 5) is 10.8. The number of hydrogen-bond donors (Lipinski definition) is 1. The third kappa shape index (κ3) is 4.79. The van der Waals surface area contributed by atoms with E-state index >= 15 is 0 Å². The van der Waals surface area contributed by atoms with Gasteiger partial charge in [-0.2, -0.15) is 0 Å². The summed E-state index contributed by atoms with van der Waals surface area (Å²) in [6, 6.07) is 0. The van der Waals surface area contributed by atoms with E-state index in [0.29, 0.717) is 5.92 Å². The predicted molar refractivity (Wildman–Crippen MR) is 62.9 cm³/mol. The molecule has 0 radical (unpaired) electrons. The van der Waals surface area contributed by atoms with Crippen molar-refractivity contribution in [1.29, 1.82) is 0 Å². The number of cyclic esters (lactones) is 1. The molecular formula is C13H22O3. The molecule has 1 rings (SSSR count). The Kier molecular flexibility index (Phi) is 5.53. The van der Waals surface area contributed by atoms with Crippen LogP contribution in [0.3, 0.4) is 0 Å². The highest BCUT2D eigenvalue weighted by atomic mass is 16.5. The van der Waals surface area contributed by atoms with Crippen LogP contribution in [-0.2, 0) is 9.53 Å². The highest BCUT2D eigenvalue weighted by Gasteiger charge is 2.15. The molecule has 0 saturated carbocycles. The molecule has 1 heterocycles. The summed E-state index contributed by atoms with van der Waals surface area (Å²) in [6.07, 6.45) is 8.47. The lowest BCUT2D eigenvalue weighted by atomic mass is 9.98. The summed E-state index contributed by atoms with van der Waals surface area (Å²) in [5.41, 5.74) is 0. The molecule has 0 spiro atoms. The predicted octanol–water partition coefficient (Wildman–Crippen LogP) is 2.44. The van der Waals surface area contributed by atoms with E-state index < -0.39 is 0 Å². The van der Waals surface area contributed by atoms with Gasteiger partial charge in [0.05, 0.1) is 6.10 Å². The molecule has 1 N–H and O–H groups in total. The van der Waals surface area contributed by atoms with Gasteiger partial charge in [-0.1, -0.05) is 19.8 Å². The summed E-state index contributed by atoms with van der Waals surface area (Å²) in [5.74, 6) is 0.164. The van der Waals surface area contributed by atoms with Crippen LogP contribution in [0.2, 0.25) is 0 Å².